The van der Waals surface area contributed by atoms with E-state index in [2.05, 4.69) is 20.3 Å². The average molecular weight is 376 g/mol. The Hall–Kier alpha value is -2.35. The molecule has 2 rings (SSSR count). The molecule has 0 aromatic carbocycles. The summed E-state index contributed by atoms with van der Waals surface area (Å²) in [5.74, 6) is 1.22. The highest BCUT2D eigenvalue weighted by molar-refractivity contribution is 7.98. The number of nitrogens with zero attached hydrogens (tertiary/aromatic N) is 2. The molecule has 1 atom stereocenters. The normalized spacial score (nSPS) is 12.5. The first-order chi connectivity index (χ1) is 12.3. The average Bonchev–Trinajstić information content (AvgIpc) is 2.57. The van der Waals surface area contributed by atoms with Crippen molar-refractivity contribution >= 4 is 17.9 Å². The molecule has 0 aliphatic carbocycles. The summed E-state index contributed by atoms with van der Waals surface area (Å²) in [7, 11) is 0. The van der Waals surface area contributed by atoms with E-state index >= 15 is 0 Å². The molecule has 2 N–H and O–H groups in total. The van der Waals surface area contributed by atoms with Gasteiger partial charge in [0.15, 0.2) is 0 Å². The van der Waals surface area contributed by atoms with Crippen LogP contribution in [0.4, 0.5) is 4.79 Å². The first-order valence-electron chi connectivity index (χ1n) is 8.28. The molecule has 7 nitrogen and oxygen atoms in total. The molecule has 26 heavy (non-hydrogen) atoms. The number of carbonyl (C=O) groups excluding carboxylic acids is 1. The number of carbonyl (C=O) groups is 1. The second kappa shape index (κ2) is 8.84. The van der Waals surface area contributed by atoms with Gasteiger partial charge in [0.2, 0.25) is 0 Å². The maximum Gasteiger partial charge on any atom is 0.408 e. The fraction of sp³-hybridized carbons (Fsp3) is 0.444. The number of H-pyrrole nitrogens is 1. The van der Waals surface area contributed by atoms with Crippen LogP contribution in [-0.2, 0) is 4.74 Å². The predicted molar refractivity (Wildman–Crippen MR) is 103 cm³/mol. The number of hydrogen-bond donors (Lipinski definition) is 2. The lowest BCUT2D eigenvalue weighted by Crippen LogP contribution is -2.36. The van der Waals surface area contributed by atoms with E-state index in [0.29, 0.717) is 23.5 Å². The fourth-order valence-electron chi connectivity index (χ4n) is 2.27. The first-order valence-corrected chi connectivity index (χ1v) is 9.68. The number of ether oxygens (including phenoxy) is 1. The van der Waals surface area contributed by atoms with Gasteiger partial charge in [-0.3, -0.25) is 9.78 Å². The van der Waals surface area contributed by atoms with Crippen molar-refractivity contribution in [2.45, 2.75) is 38.8 Å². The lowest BCUT2D eigenvalue weighted by Gasteiger charge is -2.23. The number of aromatic amines is 1. The molecule has 0 saturated carbocycles. The molecule has 0 radical (unpaired) electrons. The largest absolute Gasteiger partial charge is 0.444 e. The molecule has 0 unspecified atom stereocenters. The zero-order chi connectivity index (χ0) is 19.2. The lowest BCUT2D eigenvalue weighted by molar-refractivity contribution is 0.0501. The Balaban J connectivity index is 2.31. The van der Waals surface area contributed by atoms with Gasteiger partial charge in [0.25, 0.3) is 5.56 Å². The van der Waals surface area contributed by atoms with Crippen LogP contribution >= 0.6 is 11.8 Å². The summed E-state index contributed by atoms with van der Waals surface area (Å²) in [6, 6.07) is 4.57. The summed E-state index contributed by atoms with van der Waals surface area (Å²) < 4.78 is 5.33. The molecule has 0 saturated heterocycles. The van der Waals surface area contributed by atoms with Crippen molar-refractivity contribution < 1.29 is 9.53 Å². The van der Waals surface area contributed by atoms with Crippen LogP contribution in [0.15, 0.2) is 35.4 Å². The molecular weight excluding hydrogens is 352 g/mol. The summed E-state index contributed by atoms with van der Waals surface area (Å²) in [6.45, 7) is 5.40. The van der Waals surface area contributed by atoms with Crippen LogP contribution in [0.5, 0.6) is 0 Å². The van der Waals surface area contributed by atoms with E-state index in [4.69, 9.17) is 4.74 Å². The summed E-state index contributed by atoms with van der Waals surface area (Å²) >= 11 is 1.65. The number of pyridine rings is 1. The Morgan fingerprint density at radius 1 is 1.42 bits per heavy atom. The zero-order valence-corrected chi connectivity index (χ0v) is 16.2. The molecule has 140 valence electrons. The predicted octanol–water partition coefficient (Wildman–Crippen LogP) is 3.15. The highest BCUT2D eigenvalue weighted by Gasteiger charge is 2.22. The van der Waals surface area contributed by atoms with E-state index in [1.54, 1.807) is 51.0 Å². The molecule has 0 spiro atoms. The Labute approximate surface area is 157 Å². The number of alkyl carbamates (subject to hydrolysis) is 1. The highest BCUT2D eigenvalue weighted by Crippen LogP contribution is 2.20. The van der Waals surface area contributed by atoms with Crippen LogP contribution < -0.4 is 10.9 Å². The van der Waals surface area contributed by atoms with Crippen molar-refractivity contribution in [3.8, 4) is 11.4 Å². The standard InChI is InChI=1S/C18H24N4O3S/c1-18(2,3)25-17(24)21-13(7-9-26-4)14-10-15(23)22-16(20-14)12-6-5-8-19-11-12/h5-6,8,10-11,13H,7,9H2,1-4H3,(H,21,24)(H,20,22,23)/t13-/m1/s1. The van der Waals surface area contributed by atoms with Crippen LogP contribution in [0, 0.1) is 0 Å². The van der Waals surface area contributed by atoms with E-state index in [-0.39, 0.29) is 5.56 Å². The molecular formula is C18H24N4O3S. The van der Waals surface area contributed by atoms with E-state index in [1.165, 1.54) is 6.07 Å². The van der Waals surface area contributed by atoms with Gasteiger partial charge >= 0.3 is 6.09 Å². The molecule has 0 fully saturated rings. The minimum absolute atomic E-state index is 0.283. The van der Waals surface area contributed by atoms with Crippen LogP contribution in [0.2, 0.25) is 0 Å². The van der Waals surface area contributed by atoms with Gasteiger partial charge in [-0.1, -0.05) is 0 Å². The zero-order valence-electron chi connectivity index (χ0n) is 15.4. The molecule has 2 heterocycles. The van der Waals surface area contributed by atoms with Crippen molar-refractivity contribution in [2.75, 3.05) is 12.0 Å². The monoisotopic (exact) mass is 376 g/mol. The van der Waals surface area contributed by atoms with Crippen molar-refractivity contribution in [1.29, 1.82) is 0 Å². The topological polar surface area (TPSA) is 97.0 Å². The third kappa shape index (κ3) is 6.18. The molecule has 1 amide bonds. The first kappa shape index (κ1) is 20.0. The Bertz CT molecular complexity index is 787. The van der Waals surface area contributed by atoms with Gasteiger partial charge in [0.05, 0.1) is 11.7 Å². The molecule has 0 aliphatic heterocycles. The van der Waals surface area contributed by atoms with Crippen LogP contribution in [0.1, 0.15) is 38.9 Å². The lowest BCUT2D eigenvalue weighted by atomic mass is 10.1. The second-order valence-electron chi connectivity index (χ2n) is 6.74. The van der Waals surface area contributed by atoms with Gasteiger partial charge < -0.3 is 15.0 Å². The van der Waals surface area contributed by atoms with Crippen molar-refractivity contribution in [2.24, 2.45) is 0 Å². The van der Waals surface area contributed by atoms with E-state index in [1.807, 2.05) is 12.3 Å². The Kier molecular flexibility index (Phi) is 6.79. The van der Waals surface area contributed by atoms with E-state index in [0.717, 1.165) is 5.75 Å². The minimum Gasteiger partial charge on any atom is -0.444 e. The Morgan fingerprint density at radius 2 is 2.19 bits per heavy atom. The molecule has 0 bridgehead atoms. The second-order valence-corrected chi connectivity index (χ2v) is 7.73. The number of amides is 1. The number of thioether (sulfide) groups is 1. The van der Waals surface area contributed by atoms with Gasteiger partial charge in [0.1, 0.15) is 11.4 Å². The van der Waals surface area contributed by atoms with Crippen LogP contribution in [-0.4, -0.2) is 38.7 Å². The van der Waals surface area contributed by atoms with Crippen LogP contribution in [0.3, 0.4) is 0 Å². The maximum absolute atomic E-state index is 12.2. The number of rotatable bonds is 6. The van der Waals surface area contributed by atoms with Crippen LogP contribution in [0.25, 0.3) is 11.4 Å². The fourth-order valence-corrected chi connectivity index (χ4v) is 2.75. The SMILES string of the molecule is CSCC[C@@H](NC(=O)OC(C)(C)C)c1cc(=O)[nH]c(-c2cccnc2)n1. The van der Waals surface area contributed by atoms with Gasteiger partial charge in [-0.05, 0) is 51.3 Å². The molecule has 8 heteroatoms. The van der Waals surface area contributed by atoms with Gasteiger partial charge in [-0.2, -0.15) is 11.8 Å². The maximum atomic E-state index is 12.2. The van der Waals surface area contributed by atoms with Crippen molar-refractivity contribution in [1.82, 2.24) is 20.3 Å². The van der Waals surface area contributed by atoms with Crippen molar-refractivity contribution in [3.63, 3.8) is 0 Å². The summed E-state index contributed by atoms with van der Waals surface area (Å²) in [6.07, 6.45) is 5.35. The summed E-state index contributed by atoms with van der Waals surface area (Å²) in [5, 5.41) is 2.83. The minimum atomic E-state index is -0.601. The number of aromatic nitrogens is 3. The van der Waals surface area contributed by atoms with Crippen molar-refractivity contribution in [3.05, 3.63) is 46.6 Å². The molecule has 2 aromatic rings. The smallest absolute Gasteiger partial charge is 0.408 e. The summed E-state index contributed by atoms with van der Waals surface area (Å²) in [4.78, 5) is 35.6. The van der Waals surface area contributed by atoms with E-state index in [9.17, 15) is 9.59 Å². The van der Waals surface area contributed by atoms with E-state index < -0.39 is 17.7 Å². The van der Waals surface area contributed by atoms with Gasteiger partial charge in [0, 0.05) is 24.0 Å². The summed E-state index contributed by atoms with van der Waals surface area (Å²) in [5.41, 5.74) is 0.310. The van der Waals surface area contributed by atoms with Gasteiger partial charge in [-0.15, -0.1) is 0 Å². The third-order valence-corrected chi connectivity index (χ3v) is 4.00. The Morgan fingerprint density at radius 3 is 2.81 bits per heavy atom. The number of nitrogens with one attached hydrogen (secondary N) is 2. The highest BCUT2D eigenvalue weighted by atomic mass is 32.2. The number of hydrogen-bond acceptors (Lipinski definition) is 6. The molecule has 2 aromatic heterocycles. The van der Waals surface area contributed by atoms with Gasteiger partial charge in [-0.25, -0.2) is 9.78 Å². The quantitative estimate of drug-likeness (QED) is 0.804. The molecule has 0 aliphatic rings. The third-order valence-electron chi connectivity index (χ3n) is 3.36.